The molecule has 9 heteroatoms. The molecule has 2 aromatic rings. The number of fused-ring (bicyclic) bond motifs is 3. The number of carbonyl (C=O) groups is 1. The molecule has 110 valence electrons. The lowest BCUT2D eigenvalue weighted by Gasteiger charge is -2.40. The van der Waals surface area contributed by atoms with Crippen molar-refractivity contribution < 1.29 is 9.53 Å². The Morgan fingerprint density at radius 1 is 1.38 bits per heavy atom. The molecule has 1 fully saturated rings. The fourth-order valence-electron chi connectivity index (χ4n) is 2.96. The van der Waals surface area contributed by atoms with Gasteiger partial charge in [-0.15, -0.1) is 5.10 Å². The van der Waals surface area contributed by atoms with E-state index in [1.165, 1.54) is 4.80 Å². The van der Waals surface area contributed by atoms with Crippen LogP contribution in [-0.4, -0.2) is 60.0 Å². The van der Waals surface area contributed by atoms with E-state index in [0.717, 1.165) is 12.1 Å². The van der Waals surface area contributed by atoms with Crippen molar-refractivity contribution in [2.75, 3.05) is 13.1 Å². The summed E-state index contributed by atoms with van der Waals surface area (Å²) in [6.45, 7) is 1.92. The Hall–Kier alpha value is -2.29. The summed E-state index contributed by atoms with van der Waals surface area (Å²) in [5.41, 5.74) is 0.997. The molecule has 2 aliphatic rings. The van der Waals surface area contributed by atoms with Crippen LogP contribution in [0.25, 0.3) is 0 Å². The number of rotatable bonds is 2. The van der Waals surface area contributed by atoms with Crippen LogP contribution in [0.3, 0.4) is 0 Å². The molecule has 2 aliphatic heterocycles. The van der Waals surface area contributed by atoms with Gasteiger partial charge in [-0.2, -0.15) is 15.0 Å². The van der Waals surface area contributed by atoms with Crippen molar-refractivity contribution in [1.29, 1.82) is 0 Å². The third-order valence-electron chi connectivity index (χ3n) is 4.03. The van der Waals surface area contributed by atoms with E-state index in [2.05, 4.69) is 20.5 Å². The second kappa shape index (κ2) is 4.92. The molecule has 0 aliphatic carbocycles. The highest BCUT2D eigenvalue weighted by Crippen LogP contribution is 2.30. The lowest BCUT2D eigenvalue weighted by atomic mass is 10.00. The van der Waals surface area contributed by atoms with E-state index in [9.17, 15) is 4.79 Å². The van der Waals surface area contributed by atoms with Crippen molar-refractivity contribution in [3.05, 3.63) is 24.3 Å². The van der Waals surface area contributed by atoms with E-state index in [1.54, 1.807) is 18.6 Å². The lowest BCUT2D eigenvalue weighted by Crippen LogP contribution is -2.51. The number of hydrogen-bond acceptors (Lipinski definition) is 6. The average Bonchev–Trinajstić information content (AvgIpc) is 3.17. The van der Waals surface area contributed by atoms with Crippen molar-refractivity contribution in [3.8, 4) is 0 Å². The van der Waals surface area contributed by atoms with Gasteiger partial charge in [0.15, 0.2) is 0 Å². The number of ether oxygens (including phenoxy) is 1. The van der Waals surface area contributed by atoms with Gasteiger partial charge >= 0.3 is 0 Å². The van der Waals surface area contributed by atoms with E-state index < -0.39 is 0 Å². The Kier molecular flexibility index (Phi) is 2.92. The van der Waals surface area contributed by atoms with Crippen LogP contribution in [0.4, 0.5) is 0 Å². The number of nitrogens with zero attached hydrogens (tertiary/aromatic N) is 7. The molecule has 0 bridgehead atoms. The fourth-order valence-corrected chi connectivity index (χ4v) is 2.96. The maximum atomic E-state index is 12.3. The van der Waals surface area contributed by atoms with Gasteiger partial charge in [-0.1, -0.05) is 5.21 Å². The predicted octanol–water partition coefficient (Wildman–Crippen LogP) is -0.758. The standard InChI is InChI=1S/C12H15N7O2/c20-12(7-18-14-2-3-15-18)17-4-1-10-11(6-17)21-8-9-5-13-16-19(9)10/h2-3,5,10-11H,1,4,6-8H2/t10-,11-/m0/s1. The molecule has 21 heavy (non-hydrogen) atoms. The Morgan fingerprint density at radius 2 is 2.24 bits per heavy atom. The van der Waals surface area contributed by atoms with Crippen molar-refractivity contribution in [2.24, 2.45) is 0 Å². The minimum Gasteiger partial charge on any atom is -0.368 e. The largest absolute Gasteiger partial charge is 0.368 e. The molecule has 2 aromatic heterocycles. The Bertz CT molecular complexity index is 638. The van der Waals surface area contributed by atoms with E-state index in [4.69, 9.17) is 4.74 Å². The molecule has 0 spiro atoms. The summed E-state index contributed by atoms with van der Waals surface area (Å²) in [6, 6.07) is 0.170. The number of carbonyl (C=O) groups excluding carboxylic acids is 1. The van der Waals surface area contributed by atoms with Crippen LogP contribution in [0, 0.1) is 0 Å². The molecular weight excluding hydrogens is 274 g/mol. The minimum absolute atomic E-state index is 0.0117. The highest BCUT2D eigenvalue weighted by atomic mass is 16.5. The molecule has 0 N–H and O–H groups in total. The molecule has 0 aromatic carbocycles. The van der Waals surface area contributed by atoms with E-state index in [0.29, 0.717) is 19.7 Å². The number of piperidine rings is 1. The van der Waals surface area contributed by atoms with Crippen molar-refractivity contribution >= 4 is 5.91 Å². The van der Waals surface area contributed by atoms with Crippen molar-refractivity contribution in [2.45, 2.75) is 31.7 Å². The van der Waals surface area contributed by atoms with Gasteiger partial charge in [0.25, 0.3) is 0 Å². The molecule has 9 nitrogen and oxygen atoms in total. The van der Waals surface area contributed by atoms with Crippen LogP contribution in [0.1, 0.15) is 18.2 Å². The number of amides is 1. The summed E-state index contributed by atoms with van der Waals surface area (Å²) in [6.07, 6.45) is 5.66. The molecule has 0 unspecified atom stereocenters. The van der Waals surface area contributed by atoms with Crippen LogP contribution in [0.2, 0.25) is 0 Å². The van der Waals surface area contributed by atoms with Crippen LogP contribution < -0.4 is 0 Å². The second-order valence-corrected chi connectivity index (χ2v) is 5.27. The van der Waals surface area contributed by atoms with Gasteiger partial charge in [0.2, 0.25) is 5.91 Å². The molecule has 1 amide bonds. The Balaban J connectivity index is 1.45. The summed E-state index contributed by atoms with van der Waals surface area (Å²) >= 11 is 0. The van der Waals surface area contributed by atoms with E-state index >= 15 is 0 Å². The van der Waals surface area contributed by atoms with Crippen LogP contribution in [0.5, 0.6) is 0 Å². The Morgan fingerprint density at radius 3 is 3.10 bits per heavy atom. The van der Waals surface area contributed by atoms with Crippen LogP contribution >= 0.6 is 0 Å². The highest BCUT2D eigenvalue weighted by molar-refractivity contribution is 5.75. The zero-order valence-corrected chi connectivity index (χ0v) is 11.4. The number of likely N-dealkylation sites (tertiary alicyclic amines) is 1. The second-order valence-electron chi connectivity index (χ2n) is 5.27. The Labute approximate surface area is 120 Å². The van der Waals surface area contributed by atoms with Gasteiger partial charge in [0, 0.05) is 13.1 Å². The molecule has 1 saturated heterocycles. The normalized spacial score (nSPS) is 24.5. The van der Waals surface area contributed by atoms with Gasteiger partial charge in [-0.25, -0.2) is 4.68 Å². The monoisotopic (exact) mass is 289 g/mol. The van der Waals surface area contributed by atoms with Gasteiger partial charge in [0.1, 0.15) is 6.54 Å². The smallest absolute Gasteiger partial charge is 0.246 e. The number of hydrogen-bond donors (Lipinski definition) is 0. The summed E-state index contributed by atoms with van der Waals surface area (Å²) in [7, 11) is 0. The zero-order chi connectivity index (χ0) is 14.2. The van der Waals surface area contributed by atoms with Gasteiger partial charge in [-0.05, 0) is 6.42 Å². The highest BCUT2D eigenvalue weighted by Gasteiger charge is 2.37. The molecule has 4 rings (SSSR count). The summed E-state index contributed by atoms with van der Waals surface area (Å²) < 4.78 is 7.79. The van der Waals surface area contributed by atoms with Crippen molar-refractivity contribution in [3.63, 3.8) is 0 Å². The molecule has 0 saturated carbocycles. The van der Waals surface area contributed by atoms with E-state index in [-0.39, 0.29) is 24.6 Å². The zero-order valence-electron chi connectivity index (χ0n) is 11.4. The maximum absolute atomic E-state index is 12.3. The summed E-state index contributed by atoms with van der Waals surface area (Å²) in [5, 5.41) is 16.0. The van der Waals surface area contributed by atoms with Crippen molar-refractivity contribution in [1.82, 2.24) is 34.9 Å². The number of aromatic nitrogens is 6. The SMILES string of the molecule is O=C(Cn1nccn1)N1CC[C@H]2[C@H](C1)OCc1cnnn12. The first kappa shape index (κ1) is 12.5. The molecule has 0 radical (unpaired) electrons. The first-order chi connectivity index (χ1) is 10.3. The van der Waals surface area contributed by atoms with Gasteiger partial charge in [-0.3, -0.25) is 4.79 Å². The fraction of sp³-hybridized carbons (Fsp3) is 0.583. The molecular formula is C12H15N7O2. The van der Waals surface area contributed by atoms with Gasteiger partial charge < -0.3 is 9.64 Å². The molecule has 4 heterocycles. The summed E-state index contributed by atoms with van der Waals surface area (Å²) in [5.74, 6) is 0.0117. The first-order valence-electron chi connectivity index (χ1n) is 6.94. The third-order valence-corrected chi connectivity index (χ3v) is 4.03. The van der Waals surface area contributed by atoms with Crippen LogP contribution in [0.15, 0.2) is 18.6 Å². The maximum Gasteiger partial charge on any atom is 0.246 e. The summed E-state index contributed by atoms with van der Waals surface area (Å²) in [4.78, 5) is 15.5. The lowest BCUT2D eigenvalue weighted by molar-refractivity contribution is -0.140. The topological polar surface area (TPSA) is 91.0 Å². The molecule has 2 atom stereocenters. The first-order valence-corrected chi connectivity index (χ1v) is 6.94. The average molecular weight is 289 g/mol. The third kappa shape index (κ3) is 2.19. The minimum atomic E-state index is -0.0255. The quantitative estimate of drug-likeness (QED) is 0.722. The predicted molar refractivity (Wildman–Crippen MR) is 68.9 cm³/mol. The van der Waals surface area contributed by atoms with Gasteiger partial charge in [0.05, 0.1) is 43.0 Å². The van der Waals surface area contributed by atoms with E-state index in [1.807, 2.05) is 9.58 Å². The van der Waals surface area contributed by atoms with Crippen LogP contribution in [-0.2, 0) is 22.7 Å².